The molecular formula is C32H31F3N4O5S. The number of halogens is 3. The van der Waals surface area contributed by atoms with Gasteiger partial charge < -0.3 is 15.1 Å². The van der Waals surface area contributed by atoms with E-state index in [-0.39, 0.29) is 12.3 Å². The number of hydrogen-bond acceptors (Lipinski definition) is 7. The summed E-state index contributed by atoms with van der Waals surface area (Å²) in [4.78, 5) is 47.1. The van der Waals surface area contributed by atoms with Crippen LogP contribution in [0.1, 0.15) is 24.8 Å². The fourth-order valence-electron chi connectivity index (χ4n) is 4.90. The molecule has 2 aromatic carbocycles. The molecule has 1 aliphatic heterocycles. The molecule has 1 atom stereocenters. The van der Waals surface area contributed by atoms with Crippen molar-refractivity contribution < 1.29 is 37.8 Å². The number of rotatable bonds is 9. The molecule has 5 rings (SSSR count). The number of carboxylic acid groups (broad SMARTS) is 2. The quantitative estimate of drug-likeness (QED) is 0.215. The number of alkyl halides is 3. The second kappa shape index (κ2) is 14.8. The number of aromatic nitrogens is 2. The summed E-state index contributed by atoms with van der Waals surface area (Å²) in [5.74, 6) is -3.68. The number of aliphatic carboxylic acids is 2. The fourth-order valence-corrected chi connectivity index (χ4v) is 5.70. The first-order valence-corrected chi connectivity index (χ1v) is 14.9. The Morgan fingerprint density at radius 2 is 1.58 bits per heavy atom. The Labute approximate surface area is 261 Å². The first-order chi connectivity index (χ1) is 21.4. The maximum atomic E-state index is 13.4. The number of carbonyl (C=O) groups excluding carboxylic acids is 1. The van der Waals surface area contributed by atoms with Gasteiger partial charge in [0, 0.05) is 42.8 Å². The Balaban J connectivity index is 0.000000591. The average molecular weight is 641 g/mol. The minimum absolute atomic E-state index is 0.237. The van der Waals surface area contributed by atoms with Crippen LogP contribution in [0.25, 0.3) is 22.4 Å². The summed E-state index contributed by atoms with van der Waals surface area (Å²) in [5, 5.41) is 19.0. The minimum atomic E-state index is -5.08. The largest absolute Gasteiger partial charge is 0.490 e. The summed E-state index contributed by atoms with van der Waals surface area (Å²) < 4.78 is 31.7. The van der Waals surface area contributed by atoms with Gasteiger partial charge in [0.2, 0.25) is 5.91 Å². The van der Waals surface area contributed by atoms with Crippen LogP contribution in [0.4, 0.5) is 24.1 Å². The van der Waals surface area contributed by atoms with Gasteiger partial charge in [-0.15, -0.1) is 11.3 Å². The number of amides is 1. The highest BCUT2D eigenvalue weighted by Gasteiger charge is 2.38. The molecule has 0 radical (unpaired) electrons. The second-order valence-electron chi connectivity index (χ2n) is 10.3. The van der Waals surface area contributed by atoms with Gasteiger partial charge in [0.15, 0.2) is 5.13 Å². The standard InChI is InChI=1S/C30H30N4O3S.C2HF3O2/c1-33(29(37)23(18-28(35)36)17-21-9-3-2-4-10-21)30-32-26(20-38-30)25-12-6-5-11-24(25)22-13-14-27(31-19-22)34-15-7-8-16-34;3-2(4,5)1(6)7/h2-6,9-14,19-20,23H,7-8,15-18H2,1H3,(H,35,36);(H,6,7)/t23-;/m1./s1. The van der Waals surface area contributed by atoms with Gasteiger partial charge in [-0.05, 0) is 42.5 Å². The highest BCUT2D eigenvalue weighted by Crippen LogP contribution is 2.35. The van der Waals surface area contributed by atoms with E-state index in [1.54, 1.807) is 7.05 Å². The number of nitrogens with zero attached hydrogens (tertiary/aromatic N) is 4. The first-order valence-electron chi connectivity index (χ1n) is 14.0. The average Bonchev–Trinajstić information content (AvgIpc) is 3.74. The van der Waals surface area contributed by atoms with E-state index in [0.717, 1.165) is 46.9 Å². The molecule has 0 aliphatic carbocycles. The van der Waals surface area contributed by atoms with Gasteiger partial charge in [0.25, 0.3) is 0 Å². The highest BCUT2D eigenvalue weighted by molar-refractivity contribution is 7.14. The van der Waals surface area contributed by atoms with Gasteiger partial charge in [-0.3, -0.25) is 14.5 Å². The van der Waals surface area contributed by atoms with Crippen LogP contribution in [-0.2, 0) is 20.8 Å². The zero-order valence-corrected chi connectivity index (χ0v) is 25.1. The maximum Gasteiger partial charge on any atom is 0.490 e. The Morgan fingerprint density at radius 1 is 0.956 bits per heavy atom. The lowest BCUT2D eigenvalue weighted by atomic mass is 9.95. The van der Waals surface area contributed by atoms with Crippen molar-refractivity contribution in [2.45, 2.75) is 31.9 Å². The highest BCUT2D eigenvalue weighted by atomic mass is 32.1. The molecule has 0 saturated carbocycles. The number of benzene rings is 2. The fraction of sp³-hybridized carbons (Fsp3) is 0.281. The lowest BCUT2D eigenvalue weighted by molar-refractivity contribution is -0.192. The van der Waals surface area contributed by atoms with E-state index < -0.39 is 24.0 Å². The summed E-state index contributed by atoms with van der Waals surface area (Å²) in [5.41, 5.74) is 4.68. The number of pyridine rings is 1. The van der Waals surface area contributed by atoms with Crippen LogP contribution in [0.3, 0.4) is 0 Å². The van der Waals surface area contributed by atoms with E-state index in [4.69, 9.17) is 19.9 Å². The molecule has 2 aromatic heterocycles. The molecule has 1 saturated heterocycles. The third-order valence-corrected chi connectivity index (χ3v) is 8.06. The monoisotopic (exact) mass is 640 g/mol. The minimum Gasteiger partial charge on any atom is -0.481 e. The molecule has 1 fully saturated rings. The molecule has 13 heteroatoms. The zero-order chi connectivity index (χ0) is 32.6. The smallest absolute Gasteiger partial charge is 0.481 e. The summed E-state index contributed by atoms with van der Waals surface area (Å²) in [6.45, 7) is 2.10. The first kappa shape index (κ1) is 33.1. The van der Waals surface area contributed by atoms with Gasteiger partial charge in [-0.25, -0.2) is 14.8 Å². The summed E-state index contributed by atoms with van der Waals surface area (Å²) >= 11 is 1.37. The lowest BCUT2D eigenvalue weighted by Gasteiger charge is -2.21. The molecule has 1 amide bonds. The molecule has 0 unspecified atom stereocenters. The summed E-state index contributed by atoms with van der Waals surface area (Å²) in [6.07, 6.45) is -0.635. The summed E-state index contributed by atoms with van der Waals surface area (Å²) in [7, 11) is 1.66. The van der Waals surface area contributed by atoms with Gasteiger partial charge in [-0.1, -0.05) is 54.6 Å². The van der Waals surface area contributed by atoms with E-state index in [1.807, 2.05) is 60.1 Å². The number of anilines is 2. The van der Waals surface area contributed by atoms with Crippen LogP contribution in [0.15, 0.2) is 78.3 Å². The number of carboxylic acids is 2. The van der Waals surface area contributed by atoms with Crippen molar-refractivity contribution in [3.63, 3.8) is 0 Å². The van der Waals surface area contributed by atoms with Gasteiger partial charge in [-0.2, -0.15) is 13.2 Å². The van der Waals surface area contributed by atoms with Crippen LogP contribution >= 0.6 is 11.3 Å². The number of carbonyl (C=O) groups is 3. The molecule has 2 N–H and O–H groups in total. The van der Waals surface area contributed by atoms with Gasteiger partial charge in [0.1, 0.15) is 5.82 Å². The Kier molecular flexibility index (Phi) is 10.9. The number of hydrogen-bond donors (Lipinski definition) is 2. The molecule has 236 valence electrons. The molecule has 4 aromatic rings. The van der Waals surface area contributed by atoms with Crippen LogP contribution in [0.5, 0.6) is 0 Å². The third kappa shape index (κ3) is 8.88. The third-order valence-electron chi connectivity index (χ3n) is 7.14. The molecular weight excluding hydrogens is 609 g/mol. The van der Waals surface area contributed by atoms with Crippen LogP contribution < -0.4 is 9.80 Å². The van der Waals surface area contributed by atoms with E-state index in [1.165, 1.54) is 29.1 Å². The van der Waals surface area contributed by atoms with E-state index >= 15 is 0 Å². The van der Waals surface area contributed by atoms with Crippen LogP contribution in [-0.4, -0.2) is 64.3 Å². The normalized spacial score (nSPS) is 13.5. The van der Waals surface area contributed by atoms with Crippen molar-refractivity contribution >= 4 is 40.1 Å². The Morgan fingerprint density at radius 3 is 2.16 bits per heavy atom. The second-order valence-corrected chi connectivity index (χ2v) is 11.2. The molecule has 45 heavy (non-hydrogen) atoms. The lowest BCUT2D eigenvalue weighted by Crippen LogP contribution is -2.35. The van der Waals surface area contributed by atoms with E-state index in [2.05, 4.69) is 23.1 Å². The van der Waals surface area contributed by atoms with Crippen LogP contribution in [0, 0.1) is 5.92 Å². The molecule has 9 nitrogen and oxygen atoms in total. The van der Waals surface area contributed by atoms with Crippen molar-refractivity contribution in [1.82, 2.24) is 9.97 Å². The topological polar surface area (TPSA) is 124 Å². The predicted molar refractivity (Wildman–Crippen MR) is 165 cm³/mol. The molecule has 3 heterocycles. The Hall–Kier alpha value is -4.78. The van der Waals surface area contributed by atoms with Crippen molar-refractivity contribution in [2.75, 3.05) is 29.9 Å². The van der Waals surface area contributed by atoms with Crippen molar-refractivity contribution in [3.8, 4) is 22.4 Å². The van der Waals surface area contributed by atoms with E-state index in [9.17, 15) is 27.9 Å². The van der Waals surface area contributed by atoms with E-state index in [0.29, 0.717) is 11.6 Å². The molecule has 0 bridgehead atoms. The SMILES string of the molecule is CN(C(=O)[C@@H](CC(=O)O)Cc1ccccc1)c1nc(-c2ccccc2-c2ccc(N3CCCC3)nc2)cs1.O=C(O)C(F)(F)F. The number of thiazole rings is 1. The molecule has 1 aliphatic rings. The van der Waals surface area contributed by atoms with Gasteiger partial charge in [0.05, 0.1) is 18.0 Å². The summed E-state index contributed by atoms with van der Waals surface area (Å²) in [6, 6.07) is 21.7. The van der Waals surface area contributed by atoms with Crippen molar-refractivity contribution in [2.24, 2.45) is 5.92 Å². The predicted octanol–water partition coefficient (Wildman–Crippen LogP) is 6.40. The molecule has 0 spiro atoms. The van der Waals surface area contributed by atoms with Gasteiger partial charge >= 0.3 is 18.1 Å². The zero-order valence-electron chi connectivity index (χ0n) is 24.3. The van der Waals surface area contributed by atoms with Crippen molar-refractivity contribution in [3.05, 3.63) is 83.9 Å². The van der Waals surface area contributed by atoms with Crippen molar-refractivity contribution in [1.29, 1.82) is 0 Å². The maximum absolute atomic E-state index is 13.4. The Bertz CT molecular complexity index is 1610. The van der Waals surface area contributed by atoms with Crippen LogP contribution in [0.2, 0.25) is 0 Å².